The molecule has 0 fully saturated rings. The second-order valence-electron chi connectivity index (χ2n) is 14.0. The molecule has 284 valence electrons. The van der Waals surface area contributed by atoms with Crippen LogP contribution in [-0.2, 0) is 4.79 Å². The predicted octanol–water partition coefficient (Wildman–Crippen LogP) is 13.0. The van der Waals surface area contributed by atoms with Gasteiger partial charge in [0.15, 0.2) is 0 Å². The first kappa shape index (κ1) is 47.1. The standard InChI is InChI=1S/C45H81NO3/c1-3-5-7-9-11-13-15-17-19-20-21-22-23-24-25-27-28-30-32-34-36-38-40-44(48)43(42-47)46-45(49)41-39-37-35-33-31-29-26-18-16-14-12-10-8-6-4-2/h6,8,12,14,18,26,31,33,38,40,43-44,47-48H,3-5,7,9-11,13,15-17,19-25,27-30,32,34-37,39,41-42H2,1-2H3,(H,46,49)/b8-6-,14-12-,26-18-,33-31-,40-38+. The average Bonchev–Trinajstić information content (AvgIpc) is 3.10. The fourth-order valence-electron chi connectivity index (χ4n) is 6.05. The van der Waals surface area contributed by atoms with E-state index in [9.17, 15) is 15.0 Å². The van der Waals surface area contributed by atoms with Crippen molar-refractivity contribution in [1.82, 2.24) is 5.32 Å². The SMILES string of the molecule is CC/C=C\C/C=C\C/C=C\C/C=C\CCCCC(=O)NC(CO)C(O)/C=C/CCCCCCCCCCCCCCCCCCCCCC. The molecule has 0 saturated carbocycles. The minimum absolute atomic E-state index is 0.106. The largest absolute Gasteiger partial charge is 0.394 e. The molecule has 0 heterocycles. The van der Waals surface area contributed by atoms with E-state index in [0.717, 1.165) is 57.8 Å². The summed E-state index contributed by atoms with van der Waals surface area (Å²) in [7, 11) is 0. The highest BCUT2D eigenvalue weighted by atomic mass is 16.3. The Kier molecular flexibility index (Phi) is 38.9. The molecule has 2 atom stereocenters. The van der Waals surface area contributed by atoms with Gasteiger partial charge >= 0.3 is 0 Å². The Morgan fingerprint density at radius 3 is 1.35 bits per heavy atom. The molecule has 0 aliphatic carbocycles. The van der Waals surface area contributed by atoms with E-state index < -0.39 is 12.1 Å². The molecular weight excluding hydrogens is 602 g/mol. The first-order valence-corrected chi connectivity index (χ1v) is 21.0. The molecule has 4 nitrogen and oxygen atoms in total. The van der Waals surface area contributed by atoms with E-state index in [4.69, 9.17) is 0 Å². The maximum atomic E-state index is 12.3. The minimum Gasteiger partial charge on any atom is -0.394 e. The Morgan fingerprint density at radius 2 is 0.898 bits per heavy atom. The highest BCUT2D eigenvalue weighted by Gasteiger charge is 2.17. The van der Waals surface area contributed by atoms with E-state index >= 15 is 0 Å². The van der Waals surface area contributed by atoms with Gasteiger partial charge in [0.1, 0.15) is 0 Å². The van der Waals surface area contributed by atoms with Gasteiger partial charge in [-0.1, -0.05) is 197 Å². The zero-order valence-electron chi connectivity index (χ0n) is 32.4. The second-order valence-corrected chi connectivity index (χ2v) is 14.0. The number of aliphatic hydroxyl groups is 2. The summed E-state index contributed by atoms with van der Waals surface area (Å²) in [6, 6.07) is -0.645. The number of carbonyl (C=O) groups excluding carboxylic acids is 1. The van der Waals surface area contributed by atoms with Crippen LogP contribution >= 0.6 is 0 Å². The van der Waals surface area contributed by atoms with Crippen molar-refractivity contribution in [2.75, 3.05) is 6.61 Å². The van der Waals surface area contributed by atoms with Crippen molar-refractivity contribution >= 4 is 5.91 Å². The van der Waals surface area contributed by atoms with Gasteiger partial charge in [-0.05, 0) is 57.8 Å². The number of nitrogens with one attached hydrogen (secondary N) is 1. The summed E-state index contributed by atoms with van der Waals surface area (Å²) >= 11 is 0. The normalized spacial score (nSPS) is 13.6. The predicted molar refractivity (Wildman–Crippen MR) is 216 cm³/mol. The Bertz CT molecular complexity index is 827. The first-order valence-electron chi connectivity index (χ1n) is 21.0. The number of unbranched alkanes of at least 4 members (excludes halogenated alkanes) is 22. The summed E-state index contributed by atoms with van der Waals surface area (Å²) in [6.45, 7) is 4.17. The molecular formula is C45H81NO3. The van der Waals surface area contributed by atoms with Gasteiger partial charge in [-0.2, -0.15) is 0 Å². The Labute approximate surface area is 305 Å². The van der Waals surface area contributed by atoms with E-state index in [-0.39, 0.29) is 12.5 Å². The summed E-state index contributed by atoms with van der Waals surface area (Å²) in [5.74, 6) is -0.106. The lowest BCUT2D eigenvalue weighted by atomic mass is 10.0. The van der Waals surface area contributed by atoms with Crippen LogP contribution in [0.1, 0.15) is 200 Å². The quantitative estimate of drug-likeness (QED) is 0.0451. The lowest BCUT2D eigenvalue weighted by Gasteiger charge is -2.19. The highest BCUT2D eigenvalue weighted by molar-refractivity contribution is 5.76. The van der Waals surface area contributed by atoms with Crippen molar-refractivity contribution < 1.29 is 15.0 Å². The molecule has 49 heavy (non-hydrogen) atoms. The van der Waals surface area contributed by atoms with E-state index in [1.807, 2.05) is 6.08 Å². The smallest absolute Gasteiger partial charge is 0.220 e. The third kappa shape index (κ3) is 37.2. The van der Waals surface area contributed by atoms with Crippen LogP contribution in [0.2, 0.25) is 0 Å². The van der Waals surface area contributed by atoms with Crippen LogP contribution in [-0.4, -0.2) is 34.9 Å². The molecule has 0 saturated heterocycles. The summed E-state index contributed by atoms with van der Waals surface area (Å²) in [5, 5.41) is 22.9. The van der Waals surface area contributed by atoms with Gasteiger partial charge in [0.2, 0.25) is 5.91 Å². The zero-order chi connectivity index (χ0) is 35.7. The van der Waals surface area contributed by atoms with Gasteiger partial charge < -0.3 is 15.5 Å². The van der Waals surface area contributed by atoms with Crippen molar-refractivity contribution in [2.24, 2.45) is 0 Å². The monoisotopic (exact) mass is 684 g/mol. The molecule has 0 aliphatic rings. The maximum absolute atomic E-state index is 12.3. The summed E-state index contributed by atoms with van der Waals surface area (Å²) < 4.78 is 0. The van der Waals surface area contributed by atoms with Crippen LogP contribution in [0.5, 0.6) is 0 Å². The summed E-state index contributed by atoms with van der Waals surface area (Å²) in [6.07, 6.45) is 56.1. The van der Waals surface area contributed by atoms with Crippen LogP contribution in [0, 0.1) is 0 Å². The van der Waals surface area contributed by atoms with Crippen molar-refractivity contribution in [3.63, 3.8) is 0 Å². The van der Waals surface area contributed by atoms with E-state index in [2.05, 4.69) is 67.8 Å². The van der Waals surface area contributed by atoms with Crippen molar-refractivity contribution in [3.05, 3.63) is 60.8 Å². The number of rotatable bonds is 37. The molecule has 0 aromatic heterocycles. The second kappa shape index (κ2) is 40.5. The number of hydrogen-bond acceptors (Lipinski definition) is 3. The molecule has 4 heteroatoms. The number of carbonyl (C=O) groups is 1. The van der Waals surface area contributed by atoms with Crippen LogP contribution in [0.25, 0.3) is 0 Å². The van der Waals surface area contributed by atoms with Gasteiger partial charge in [-0.15, -0.1) is 0 Å². The number of aliphatic hydroxyl groups excluding tert-OH is 2. The van der Waals surface area contributed by atoms with E-state index in [0.29, 0.717) is 6.42 Å². The molecule has 2 unspecified atom stereocenters. The van der Waals surface area contributed by atoms with Crippen LogP contribution < -0.4 is 5.32 Å². The Balaban J connectivity index is 3.63. The molecule has 0 aromatic carbocycles. The van der Waals surface area contributed by atoms with Gasteiger partial charge in [0, 0.05) is 6.42 Å². The third-order valence-corrected chi connectivity index (χ3v) is 9.26. The van der Waals surface area contributed by atoms with Crippen LogP contribution in [0.4, 0.5) is 0 Å². The first-order chi connectivity index (χ1) is 24.2. The molecule has 0 aliphatic heterocycles. The molecule has 1 amide bonds. The number of hydrogen-bond donors (Lipinski definition) is 3. The molecule has 0 bridgehead atoms. The molecule has 0 aromatic rings. The molecule has 0 rings (SSSR count). The third-order valence-electron chi connectivity index (χ3n) is 9.26. The topological polar surface area (TPSA) is 69.6 Å². The highest BCUT2D eigenvalue weighted by Crippen LogP contribution is 2.15. The van der Waals surface area contributed by atoms with E-state index in [1.165, 1.54) is 122 Å². The van der Waals surface area contributed by atoms with Gasteiger partial charge in [0.05, 0.1) is 18.8 Å². The Hall–Kier alpha value is -1.91. The summed E-state index contributed by atoms with van der Waals surface area (Å²) in [5.41, 5.74) is 0. The van der Waals surface area contributed by atoms with E-state index in [1.54, 1.807) is 6.08 Å². The van der Waals surface area contributed by atoms with Crippen molar-refractivity contribution in [3.8, 4) is 0 Å². The lowest BCUT2D eigenvalue weighted by molar-refractivity contribution is -0.123. The Morgan fingerprint density at radius 1 is 0.510 bits per heavy atom. The van der Waals surface area contributed by atoms with Gasteiger partial charge in [-0.25, -0.2) is 0 Å². The lowest BCUT2D eigenvalue weighted by Crippen LogP contribution is -2.45. The van der Waals surface area contributed by atoms with Gasteiger partial charge in [0.25, 0.3) is 0 Å². The van der Waals surface area contributed by atoms with Crippen LogP contribution in [0.15, 0.2) is 60.8 Å². The van der Waals surface area contributed by atoms with Gasteiger partial charge in [-0.3, -0.25) is 4.79 Å². The average molecular weight is 684 g/mol. The fraction of sp³-hybridized carbons (Fsp3) is 0.756. The molecule has 0 radical (unpaired) electrons. The van der Waals surface area contributed by atoms with Crippen LogP contribution in [0.3, 0.4) is 0 Å². The zero-order valence-corrected chi connectivity index (χ0v) is 32.4. The minimum atomic E-state index is -0.858. The summed E-state index contributed by atoms with van der Waals surface area (Å²) in [4.78, 5) is 12.3. The maximum Gasteiger partial charge on any atom is 0.220 e. The van der Waals surface area contributed by atoms with Crippen molar-refractivity contribution in [2.45, 2.75) is 212 Å². The number of amides is 1. The number of allylic oxidation sites excluding steroid dienone is 9. The fourth-order valence-corrected chi connectivity index (χ4v) is 6.05. The molecule has 3 N–H and O–H groups in total. The van der Waals surface area contributed by atoms with Crippen molar-refractivity contribution in [1.29, 1.82) is 0 Å². The molecule has 0 spiro atoms.